The second kappa shape index (κ2) is 11.7. The maximum atomic E-state index is 12.7. The van der Waals surface area contributed by atoms with Gasteiger partial charge in [-0.25, -0.2) is 0 Å². The molecule has 1 aromatic heterocycles. The molecule has 0 bridgehead atoms. The van der Waals surface area contributed by atoms with Crippen LogP contribution in [-0.2, 0) is 17.9 Å². The minimum absolute atomic E-state index is 0.0791. The van der Waals surface area contributed by atoms with Crippen LogP contribution in [-0.4, -0.2) is 26.4 Å². The molecule has 0 saturated carbocycles. The molecule has 0 aliphatic heterocycles. The summed E-state index contributed by atoms with van der Waals surface area (Å²) in [6.07, 6.45) is 1.79. The van der Waals surface area contributed by atoms with Crippen LogP contribution in [0.5, 0.6) is 5.75 Å². The molecule has 1 heterocycles. The van der Waals surface area contributed by atoms with Crippen molar-refractivity contribution in [1.29, 1.82) is 0 Å². The number of para-hydroxylation sites is 1. The van der Waals surface area contributed by atoms with Crippen molar-refractivity contribution in [3.8, 4) is 5.75 Å². The van der Waals surface area contributed by atoms with E-state index >= 15 is 0 Å². The standard InChI is InChI=1S/C25H29IN4O2S/c1-6-12-30-22(14-32-24-17(4)8-7-9-18(24)5)28-29-25(30)33-15-23(31)27-21-11-10-19(26)13-20(21)16(2)3/h6-11,13,16H,1,12,14-15H2,2-5H3,(H,27,31). The molecular weight excluding hydrogens is 547 g/mol. The fourth-order valence-electron chi connectivity index (χ4n) is 3.45. The summed E-state index contributed by atoms with van der Waals surface area (Å²) < 4.78 is 9.14. The zero-order valence-corrected chi connectivity index (χ0v) is 22.4. The fraction of sp³-hybridized carbons (Fsp3) is 0.320. The third kappa shape index (κ3) is 6.60. The third-order valence-corrected chi connectivity index (χ3v) is 6.74. The molecule has 3 aromatic rings. The quantitative estimate of drug-likeness (QED) is 0.179. The number of aryl methyl sites for hydroxylation is 2. The fourth-order valence-corrected chi connectivity index (χ4v) is 4.73. The Hall–Kier alpha value is -2.33. The zero-order valence-electron chi connectivity index (χ0n) is 19.4. The summed E-state index contributed by atoms with van der Waals surface area (Å²) >= 11 is 3.64. The number of amides is 1. The summed E-state index contributed by atoms with van der Waals surface area (Å²) in [5.74, 6) is 2.02. The number of benzene rings is 2. The van der Waals surface area contributed by atoms with Crippen LogP contribution in [0.3, 0.4) is 0 Å². The second-order valence-corrected chi connectivity index (χ2v) is 10.2. The van der Waals surface area contributed by atoms with Crippen LogP contribution in [0, 0.1) is 17.4 Å². The molecule has 0 saturated heterocycles. The molecule has 1 amide bonds. The number of carbonyl (C=O) groups is 1. The van der Waals surface area contributed by atoms with Crippen molar-refractivity contribution >= 4 is 45.9 Å². The van der Waals surface area contributed by atoms with E-state index in [-0.39, 0.29) is 11.7 Å². The van der Waals surface area contributed by atoms with Gasteiger partial charge in [0, 0.05) is 15.8 Å². The first-order valence-corrected chi connectivity index (χ1v) is 12.8. The second-order valence-electron chi connectivity index (χ2n) is 8.03. The van der Waals surface area contributed by atoms with Gasteiger partial charge in [-0.3, -0.25) is 9.36 Å². The Labute approximate surface area is 213 Å². The molecule has 0 unspecified atom stereocenters. The third-order valence-electron chi connectivity index (χ3n) is 5.10. The lowest BCUT2D eigenvalue weighted by atomic mass is 10.0. The Balaban J connectivity index is 1.67. The minimum atomic E-state index is -0.0791. The summed E-state index contributed by atoms with van der Waals surface area (Å²) in [6, 6.07) is 12.1. The number of ether oxygens (including phenoxy) is 1. The molecule has 0 atom stereocenters. The maximum Gasteiger partial charge on any atom is 0.234 e. The molecule has 0 aliphatic carbocycles. The molecule has 0 radical (unpaired) electrons. The van der Waals surface area contributed by atoms with Crippen LogP contribution in [0.2, 0.25) is 0 Å². The molecule has 33 heavy (non-hydrogen) atoms. The van der Waals surface area contributed by atoms with Gasteiger partial charge in [-0.15, -0.1) is 16.8 Å². The number of carbonyl (C=O) groups excluding carboxylic acids is 1. The summed E-state index contributed by atoms with van der Waals surface area (Å²) in [7, 11) is 0. The number of hydrogen-bond donors (Lipinski definition) is 1. The van der Waals surface area contributed by atoms with Crippen LogP contribution in [0.15, 0.2) is 54.2 Å². The highest BCUT2D eigenvalue weighted by Crippen LogP contribution is 2.27. The predicted molar refractivity (Wildman–Crippen MR) is 143 cm³/mol. The molecule has 1 N–H and O–H groups in total. The number of allylic oxidation sites excluding steroid dienone is 1. The van der Waals surface area contributed by atoms with E-state index in [9.17, 15) is 4.79 Å². The molecule has 0 spiro atoms. The van der Waals surface area contributed by atoms with Gasteiger partial charge in [0.1, 0.15) is 12.4 Å². The van der Waals surface area contributed by atoms with Gasteiger partial charge >= 0.3 is 0 Å². The van der Waals surface area contributed by atoms with E-state index in [4.69, 9.17) is 4.74 Å². The van der Waals surface area contributed by atoms with Crippen molar-refractivity contribution < 1.29 is 9.53 Å². The van der Waals surface area contributed by atoms with Gasteiger partial charge in [-0.05, 0) is 77.2 Å². The van der Waals surface area contributed by atoms with Crippen LogP contribution < -0.4 is 10.1 Å². The van der Waals surface area contributed by atoms with E-state index in [1.54, 1.807) is 6.08 Å². The van der Waals surface area contributed by atoms with Crippen LogP contribution in [0.25, 0.3) is 0 Å². The molecule has 8 heteroatoms. The predicted octanol–water partition coefficient (Wildman–Crippen LogP) is 6.12. The minimum Gasteiger partial charge on any atom is -0.485 e. The molecule has 6 nitrogen and oxygen atoms in total. The summed E-state index contributed by atoms with van der Waals surface area (Å²) in [6.45, 7) is 13.0. The van der Waals surface area contributed by atoms with Crippen molar-refractivity contribution in [2.24, 2.45) is 0 Å². The molecule has 2 aromatic carbocycles. The maximum absolute atomic E-state index is 12.7. The Morgan fingerprint density at radius 1 is 1.24 bits per heavy atom. The summed E-state index contributed by atoms with van der Waals surface area (Å²) in [5, 5.41) is 12.3. The van der Waals surface area contributed by atoms with Crippen molar-refractivity contribution in [2.45, 2.75) is 51.9 Å². The first-order valence-electron chi connectivity index (χ1n) is 10.7. The normalized spacial score (nSPS) is 11.0. The van der Waals surface area contributed by atoms with E-state index in [2.05, 4.69) is 64.6 Å². The molecule has 0 fully saturated rings. The molecule has 3 rings (SSSR count). The lowest BCUT2D eigenvalue weighted by Gasteiger charge is -2.14. The Kier molecular flexibility index (Phi) is 8.96. The van der Waals surface area contributed by atoms with E-state index in [0.29, 0.717) is 30.1 Å². The number of nitrogens with zero attached hydrogens (tertiary/aromatic N) is 3. The molecule has 174 valence electrons. The van der Waals surface area contributed by atoms with Gasteiger partial charge < -0.3 is 10.1 Å². The van der Waals surface area contributed by atoms with Gasteiger partial charge in [0.2, 0.25) is 5.91 Å². The van der Waals surface area contributed by atoms with E-state index in [0.717, 1.165) is 31.7 Å². The van der Waals surface area contributed by atoms with Crippen molar-refractivity contribution in [3.63, 3.8) is 0 Å². The number of aromatic nitrogens is 3. The number of thioether (sulfide) groups is 1. The first-order chi connectivity index (χ1) is 15.8. The average Bonchev–Trinajstić information content (AvgIpc) is 3.15. The highest BCUT2D eigenvalue weighted by Gasteiger charge is 2.16. The number of hydrogen-bond acceptors (Lipinski definition) is 5. The van der Waals surface area contributed by atoms with Crippen LogP contribution in [0.4, 0.5) is 5.69 Å². The van der Waals surface area contributed by atoms with E-state index in [1.165, 1.54) is 11.8 Å². The van der Waals surface area contributed by atoms with E-state index < -0.39 is 0 Å². The SMILES string of the molecule is C=CCn1c(COc2c(C)cccc2C)nnc1SCC(=O)Nc1ccc(I)cc1C(C)C. The Bertz CT molecular complexity index is 1120. The highest BCUT2D eigenvalue weighted by atomic mass is 127. The number of rotatable bonds is 10. The summed E-state index contributed by atoms with van der Waals surface area (Å²) in [5.41, 5.74) is 4.13. The number of halogens is 1. The van der Waals surface area contributed by atoms with Gasteiger partial charge in [-0.1, -0.05) is 49.9 Å². The largest absolute Gasteiger partial charge is 0.485 e. The molecule has 0 aliphatic rings. The van der Waals surface area contributed by atoms with Crippen molar-refractivity contribution in [2.75, 3.05) is 11.1 Å². The van der Waals surface area contributed by atoms with Gasteiger partial charge in [0.15, 0.2) is 11.0 Å². The van der Waals surface area contributed by atoms with Gasteiger partial charge in [0.05, 0.1) is 5.75 Å². The van der Waals surface area contributed by atoms with Crippen molar-refractivity contribution in [3.05, 3.63) is 75.1 Å². The van der Waals surface area contributed by atoms with Crippen LogP contribution in [0.1, 0.15) is 42.3 Å². The number of nitrogens with one attached hydrogen (secondary N) is 1. The van der Waals surface area contributed by atoms with Crippen LogP contribution >= 0.6 is 34.4 Å². The lowest BCUT2D eigenvalue weighted by Crippen LogP contribution is -2.16. The monoisotopic (exact) mass is 576 g/mol. The van der Waals surface area contributed by atoms with Crippen molar-refractivity contribution in [1.82, 2.24) is 14.8 Å². The Morgan fingerprint density at radius 2 is 1.97 bits per heavy atom. The van der Waals surface area contributed by atoms with Gasteiger partial charge in [-0.2, -0.15) is 0 Å². The highest BCUT2D eigenvalue weighted by molar-refractivity contribution is 14.1. The average molecular weight is 577 g/mol. The topological polar surface area (TPSA) is 69.0 Å². The van der Waals surface area contributed by atoms with Gasteiger partial charge in [0.25, 0.3) is 0 Å². The molecular formula is C25H29IN4O2S. The lowest BCUT2D eigenvalue weighted by molar-refractivity contribution is -0.113. The zero-order chi connectivity index (χ0) is 24.0. The van der Waals surface area contributed by atoms with E-state index in [1.807, 2.05) is 48.7 Å². The Morgan fingerprint density at radius 3 is 2.64 bits per heavy atom. The first kappa shape index (κ1) is 25.3. The summed E-state index contributed by atoms with van der Waals surface area (Å²) in [4.78, 5) is 12.7. The smallest absolute Gasteiger partial charge is 0.234 e. The number of anilines is 1.